The van der Waals surface area contributed by atoms with Crippen LogP contribution in [0.15, 0.2) is 0 Å². The highest BCUT2D eigenvalue weighted by Crippen LogP contribution is 2.18. The van der Waals surface area contributed by atoms with Crippen molar-refractivity contribution in [3.8, 4) is 0 Å². The van der Waals surface area contributed by atoms with Gasteiger partial charge in [-0.15, -0.1) is 0 Å². The van der Waals surface area contributed by atoms with Gasteiger partial charge in [0.1, 0.15) is 6.04 Å². The summed E-state index contributed by atoms with van der Waals surface area (Å²) in [4.78, 5) is 24.8. The van der Waals surface area contributed by atoms with Gasteiger partial charge in [-0.05, 0) is 25.2 Å². The molecule has 0 saturated carbocycles. The number of likely N-dealkylation sites (tertiary alicyclic amines) is 1. The van der Waals surface area contributed by atoms with Gasteiger partial charge in [-0.25, -0.2) is 0 Å². The Morgan fingerprint density at radius 3 is 2.56 bits per heavy atom. The summed E-state index contributed by atoms with van der Waals surface area (Å²) in [6.45, 7) is 1.62. The summed E-state index contributed by atoms with van der Waals surface area (Å²) in [5.41, 5.74) is 0. The molecule has 2 aliphatic rings. The van der Waals surface area contributed by atoms with E-state index < -0.39 is 0 Å². The van der Waals surface area contributed by atoms with Crippen molar-refractivity contribution in [2.24, 2.45) is 5.92 Å². The molecule has 2 amide bonds. The smallest absolute Gasteiger partial charge is 0.245 e. The van der Waals surface area contributed by atoms with Gasteiger partial charge in [0.15, 0.2) is 0 Å². The maximum absolute atomic E-state index is 12.0. The molecular weight excluding hydrogens is 208 g/mol. The molecule has 2 aliphatic heterocycles. The first-order valence-corrected chi connectivity index (χ1v) is 5.89. The third-order valence-corrected chi connectivity index (χ3v) is 3.48. The lowest BCUT2D eigenvalue weighted by Gasteiger charge is -2.32. The number of aliphatic hydroxyl groups excluding tert-OH is 1. The normalized spacial score (nSPS) is 26.9. The zero-order valence-electron chi connectivity index (χ0n) is 9.32. The fourth-order valence-corrected chi connectivity index (χ4v) is 2.36. The van der Waals surface area contributed by atoms with Crippen LogP contribution in [0, 0.1) is 5.92 Å². The molecule has 90 valence electrons. The number of nitrogens with one attached hydrogen (secondary N) is 1. The van der Waals surface area contributed by atoms with Crippen LogP contribution in [0.5, 0.6) is 0 Å². The van der Waals surface area contributed by atoms with E-state index >= 15 is 0 Å². The van der Waals surface area contributed by atoms with Gasteiger partial charge in [-0.1, -0.05) is 0 Å². The Kier molecular flexibility index (Phi) is 3.43. The van der Waals surface area contributed by atoms with Gasteiger partial charge < -0.3 is 15.3 Å². The molecule has 2 fully saturated rings. The molecule has 2 saturated heterocycles. The van der Waals surface area contributed by atoms with Gasteiger partial charge in [-0.2, -0.15) is 0 Å². The van der Waals surface area contributed by atoms with Crippen LogP contribution in [0.1, 0.15) is 25.7 Å². The Bertz CT molecular complexity index is 285. The molecule has 0 bridgehead atoms. The van der Waals surface area contributed by atoms with Crippen molar-refractivity contribution in [3.63, 3.8) is 0 Å². The molecule has 0 aliphatic carbocycles. The lowest BCUT2D eigenvalue weighted by molar-refractivity contribution is -0.135. The van der Waals surface area contributed by atoms with Gasteiger partial charge in [0.2, 0.25) is 11.8 Å². The van der Waals surface area contributed by atoms with Crippen LogP contribution in [0.3, 0.4) is 0 Å². The maximum Gasteiger partial charge on any atom is 0.245 e. The van der Waals surface area contributed by atoms with Crippen LogP contribution in [0.2, 0.25) is 0 Å². The standard InChI is InChI=1S/C11H18N2O3/c14-7-8-3-5-13(6-4-8)11(16)9-1-2-10(15)12-9/h8-9,14H,1-7H2,(H,12,15)/t9-/m0/s1. The summed E-state index contributed by atoms with van der Waals surface area (Å²) in [7, 11) is 0. The molecule has 1 atom stereocenters. The van der Waals surface area contributed by atoms with Gasteiger partial charge in [0.05, 0.1) is 0 Å². The number of carbonyl (C=O) groups excluding carboxylic acids is 2. The first kappa shape index (κ1) is 11.4. The summed E-state index contributed by atoms with van der Waals surface area (Å²) in [6, 6.07) is -0.307. The second-order valence-electron chi connectivity index (χ2n) is 4.61. The van der Waals surface area contributed by atoms with E-state index in [1.54, 1.807) is 0 Å². The van der Waals surface area contributed by atoms with Crippen molar-refractivity contribution in [1.29, 1.82) is 0 Å². The number of piperidine rings is 1. The summed E-state index contributed by atoms with van der Waals surface area (Å²) < 4.78 is 0. The second-order valence-corrected chi connectivity index (χ2v) is 4.61. The molecule has 2 heterocycles. The van der Waals surface area contributed by atoms with Gasteiger partial charge in [-0.3, -0.25) is 9.59 Å². The highest BCUT2D eigenvalue weighted by atomic mass is 16.3. The van der Waals surface area contributed by atoms with Crippen molar-refractivity contribution in [1.82, 2.24) is 10.2 Å². The number of aliphatic hydroxyl groups is 1. The van der Waals surface area contributed by atoms with E-state index in [1.807, 2.05) is 4.90 Å². The summed E-state index contributed by atoms with van der Waals surface area (Å²) in [5, 5.41) is 11.7. The van der Waals surface area contributed by atoms with Crippen LogP contribution < -0.4 is 5.32 Å². The van der Waals surface area contributed by atoms with E-state index in [0.717, 1.165) is 12.8 Å². The highest BCUT2D eigenvalue weighted by molar-refractivity contribution is 5.90. The van der Waals surface area contributed by atoms with Crippen molar-refractivity contribution >= 4 is 11.8 Å². The predicted molar refractivity (Wildman–Crippen MR) is 57.6 cm³/mol. The number of nitrogens with zero attached hydrogens (tertiary/aromatic N) is 1. The summed E-state index contributed by atoms with van der Waals surface area (Å²) >= 11 is 0. The molecule has 5 nitrogen and oxygen atoms in total. The quantitative estimate of drug-likeness (QED) is 0.666. The maximum atomic E-state index is 12.0. The van der Waals surface area contributed by atoms with E-state index in [0.29, 0.717) is 31.8 Å². The first-order chi connectivity index (χ1) is 7.70. The topological polar surface area (TPSA) is 69.6 Å². The molecule has 2 rings (SSSR count). The van der Waals surface area contributed by atoms with Crippen LogP contribution in [0.4, 0.5) is 0 Å². The average molecular weight is 226 g/mol. The van der Waals surface area contributed by atoms with E-state index in [-0.39, 0.29) is 24.5 Å². The molecule has 0 aromatic heterocycles. The van der Waals surface area contributed by atoms with Crippen LogP contribution >= 0.6 is 0 Å². The Hall–Kier alpha value is -1.10. The van der Waals surface area contributed by atoms with Crippen LogP contribution in [-0.4, -0.2) is 47.6 Å². The fraction of sp³-hybridized carbons (Fsp3) is 0.818. The third-order valence-electron chi connectivity index (χ3n) is 3.48. The van der Waals surface area contributed by atoms with E-state index in [1.165, 1.54) is 0 Å². The minimum absolute atomic E-state index is 0.0244. The van der Waals surface area contributed by atoms with Crippen molar-refractivity contribution in [2.45, 2.75) is 31.7 Å². The SMILES string of the molecule is O=C1CC[C@@H](C(=O)N2CCC(CO)CC2)N1. The Labute approximate surface area is 94.8 Å². The van der Waals surface area contributed by atoms with E-state index in [4.69, 9.17) is 5.11 Å². The van der Waals surface area contributed by atoms with Gasteiger partial charge in [0, 0.05) is 26.1 Å². The molecule has 5 heteroatoms. The zero-order valence-corrected chi connectivity index (χ0v) is 9.32. The average Bonchev–Trinajstić information content (AvgIpc) is 2.75. The Morgan fingerprint density at radius 2 is 2.06 bits per heavy atom. The zero-order chi connectivity index (χ0) is 11.5. The van der Waals surface area contributed by atoms with E-state index in [2.05, 4.69) is 5.32 Å². The number of rotatable bonds is 2. The summed E-state index contributed by atoms with van der Waals surface area (Å²) in [5.74, 6) is 0.355. The number of amides is 2. The second kappa shape index (κ2) is 4.82. The minimum Gasteiger partial charge on any atom is -0.396 e. The Balaban J connectivity index is 1.84. The van der Waals surface area contributed by atoms with Crippen molar-refractivity contribution in [2.75, 3.05) is 19.7 Å². The molecular formula is C11H18N2O3. The van der Waals surface area contributed by atoms with Crippen LogP contribution in [-0.2, 0) is 9.59 Å². The van der Waals surface area contributed by atoms with Gasteiger partial charge >= 0.3 is 0 Å². The van der Waals surface area contributed by atoms with Crippen molar-refractivity contribution in [3.05, 3.63) is 0 Å². The molecule has 2 N–H and O–H groups in total. The third kappa shape index (κ3) is 2.35. The number of hydrogen-bond acceptors (Lipinski definition) is 3. The first-order valence-electron chi connectivity index (χ1n) is 5.89. The summed E-state index contributed by atoms with van der Waals surface area (Å²) in [6.07, 6.45) is 2.81. The Morgan fingerprint density at radius 1 is 1.38 bits per heavy atom. The molecule has 0 radical (unpaired) electrons. The minimum atomic E-state index is -0.307. The molecule has 16 heavy (non-hydrogen) atoms. The van der Waals surface area contributed by atoms with E-state index in [9.17, 15) is 9.59 Å². The monoisotopic (exact) mass is 226 g/mol. The lowest BCUT2D eigenvalue weighted by Crippen LogP contribution is -2.47. The largest absolute Gasteiger partial charge is 0.396 e. The molecule has 0 aromatic carbocycles. The predicted octanol–water partition coefficient (Wildman–Crippen LogP) is -0.504. The van der Waals surface area contributed by atoms with Gasteiger partial charge in [0.25, 0.3) is 0 Å². The van der Waals surface area contributed by atoms with Crippen LogP contribution in [0.25, 0.3) is 0 Å². The number of carbonyl (C=O) groups is 2. The molecule has 0 unspecified atom stereocenters. The highest BCUT2D eigenvalue weighted by Gasteiger charge is 2.32. The molecule has 0 aromatic rings. The van der Waals surface area contributed by atoms with Crippen molar-refractivity contribution < 1.29 is 14.7 Å². The lowest BCUT2D eigenvalue weighted by atomic mass is 9.97. The number of hydrogen-bond donors (Lipinski definition) is 2. The fourth-order valence-electron chi connectivity index (χ4n) is 2.36. The molecule has 0 spiro atoms.